The van der Waals surface area contributed by atoms with Gasteiger partial charge in [0.2, 0.25) is 5.82 Å². The lowest BCUT2D eigenvalue weighted by molar-refractivity contribution is 0.119. The number of carbonyl (C=O) groups is 1. The quantitative estimate of drug-likeness (QED) is 0.0958. The van der Waals surface area contributed by atoms with Gasteiger partial charge in [-0.25, -0.2) is 23.5 Å². The molecule has 1 unspecified atom stereocenters. The van der Waals surface area contributed by atoms with E-state index < -0.39 is 28.2 Å². The van der Waals surface area contributed by atoms with E-state index in [9.17, 15) is 22.8 Å². The molecule has 5 N–H and O–H groups in total. The predicted molar refractivity (Wildman–Crippen MR) is 131 cm³/mol. The van der Waals surface area contributed by atoms with Crippen molar-refractivity contribution in [2.24, 2.45) is 4.99 Å². The van der Waals surface area contributed by atoms with Crippen LogP contribution in [0, 0.1) is 5.82 Å². The first-order valence-corrected chi connectivity index (χ1v) is 13.2. The third-order valence-corrected chi connectivity index (χ3v) is 6.49. The van der Waals surface area contributed by atoms with E-state index in [1.165, 1.54) is 18.2 Å². The van der Waals surface area contributed by atoms with Gasteiger partial charge >= 0.3 is 16.3 Å². The molecule has 1 aliphatic carbocycles. The maximum absolute atomic E-state index is 13.4. The molecule has 0 radical (unpaired) electrons. The lowest BCUT2D eigenvalue weighted by atomic mass is 10.0. The highest BCUT2D eigenvalue weighted by molar-refractivity contribution is 9.10. The molecular weight excluding hydrogens is 565 g/mol. The first kappa shape index (κ1) is 27.5. The first-order chi connectivity index (χ1) is 17.3. The van der Waals surface area contributed by atoms with Crippen molar-refractivity contribution in [2.75, 3.05) is 18.4 Å². The zero-order valence-electron chi connectivity index (χ0n) is 18.9. The number of hydroxylamine groups is 1. The molecule has 16 heteroatoms. The number of benzene rings is 1. The van der Waals surface area contributed by atoms with Crippen LogP contribution in [0.3, 0.4) is 0 Å². The van der Waals surface area contributed by atoms with Gasteiger partial charge in [0.25, 0.3) is 0 Å². The number of aromatic nitrogens is 2. The topological polar surface area (TPSA) is 180 Å². The Morgan fingerprint density at radius 1 is 1.28 bits per heavy atom. The van der Waals surface area contributed by atoms with Crippen molar-refractivity contribution in [3.05, 3.63) is 46.3 Å². The molecule has 13 nitrogen and oxygen atoms in total. The van der Waals surface area contributed by atoms with Gasteiger partial charge in [-0.1, -0.05) is 12.5 Å². The number of nitrogens with one attached hydrogen (secondary N) is 4. The van der Waals surface area contributed by atoms with Crippen molar-refractivity contribution in [3.8, 4) is 0 Å². The van der Waals surface area contributed by atoms with Gasteiger partial charge in [0.1, 0.15) is 11.9 Å². The summed E-state index contributed by atoms with van der Waals surface area (Å²) >= 11 is 3.05. The first-order valence-electron chi connectivity index (χ1n) is 10.9. The summed E-state index contributed by atoms with van der Waals surface area (Å²) in [6.45, 7) is -0.147. The van der Waals surface area contributed by atoms with Crippen molar-refractivity contribution in [1.82, 2.24) is 25.2 Å². The largest absolute Gasteiger partial charge is 0.441 e. The van der Waals surface area contributed by atoms with E-state index in [0.717, 1.165) is 25.7 Å². The summed E-state index contributed by atoms with van der Waals surface area (Å²) in [6.07, 6.45) is 6.63. The van der Waals surface area contributed by atoms with Crippen molar-refractivity contribution in [1.29, 1.82) is 0 Å². The monoisotopic (exact) mass is 589 g/mol. The Bertz CT molecular complexity index is 1210. The van der Waals surface area contributed by atoms with E-state index in [1.807, 2.05) is 11.6 Å². The minimum atomic E-state index is -4.18. The smallest absolute Gasteiger partial charge is 0.422 e. The van der Waals surface area contributed by atoms with Gasteiger partial charge in [-0.2, -0.15) is 13.1 Å². The Labute approximate surface area is 214 Å². The summed E-state index contributed by atoms with van der Waals surface area (Å²) in [5.74, 6) is -0.607. The van der Waals surface area contributed by atoms with Gasteiger partial charge in [0.15, 0.2) is 11.5 Å². The molecule has 1 aromatic carbocycles. The van der Waals surface area contributed by atoms with Crippen molar-refractivity contribution in [2.45, 2.75) is 38.2 Å². The van der Waals surface area contributed by atoms with Crippen molar-refractivity contribution >= 4 is 49.6 Å². The molecule has 0 saturated heterocycles. The van der Waals surface area contributed by atoms with Crippen LogP contribution in [0.1, 0.15) is 37.8 Å². The molecule has 0 bridgehead atoms. The number of hydrogen-bond donors (Lipinski definition) is 5. The summed E-state index contributed by atoms with van der Waals surface area (Å²) in [5, 5.41) is 19.5. The SMILES string of the molecule is O=C(NS(=O)(=O)NCCNc1nonc1C(=Nc1ccc(F)c(Br)c1)NO)OC1/C=C/CCCCC1. The second kappa shape index (κ2) is 13.3. The van der Waals surface area contributed by atoms with Crippen LogP contribution in [-0.2, 0) is 14.9 Å². The number of rotatable bonds is 9. The Balaban J connectivity index is 1.51. The van der Waals surface area contributed by atoms with Crippen molar-refractivity contribution < 1.29 is 32.2 Å². The molecule has 1 amide bonds. The van der Waals surface area contributed by atoms with Gasteiger partial charge in [0, 0.05) is 13.1 Å². The second-order valence-electron chi connectivity index (χ2n) is 7.57. The van der Waals surface area contributed by atoms with Crippen LogP contribution in [0.15, 0.2) is 44.4 Å². The van der Waals surface area contributed by atoms with Gasteiger partial charge in [0.05, 0.1) is 10.2 Å². The van der Waals surface area contributed by atoms with Gasteiger partial charge in [-0.05, 0) is 76.2 Å². The maximum atomic E-state index is 13.4. The molecule has 1 atom stereocenters. The number of carbonyl (C=O) groups excluding carboxylic acids is 1. The Morgan fingerprint density at radius 2 is 2.11 bits per heavy atom. The molecule has 3 rings (SSSR count). The summed E-state index contributed by atoms with van der Waals surface area (Å²) < 4.78 is 51.7. The van der Waals surface area contributed by atoms with Crippen LogP contribution in [-0.4, -0.2) is 55.1 Å². The standard InChI is InChI=1S/C20H25BrFN7O6S/c21-15-12-13(8-9-16(15)22)25-19(26-31)17-18(28-35-27-17)23-10-11-24-36(32,33)29-20(30)34-14-6-4-2-1-3-5-7-14/h4,6,8-9,12,14,24,31H,1-3,5,7,10-11H2,(H,23,28)(H,25,26)(H,29,30)/b6-4+. The van der Waals surface area contributed by atoms with Crippen LogP contribution >= 0.6 is 15.9 Å². The number of ether oxygens (including phenoxy) is 1. The lowest BCUT2D eigenvalue weighted by Gasteiger charge is -2.16. The normalized spacial score (nSPS) is 17.5. The summed E-state index contributed by atoms with van der Waals surface area (Å²) in [4.78, 5) is 16.1. The number of anilines is 1. The van der Waals surface area contributed by atoms with Crippen LogP contribution in [0.4, 0.5) is 20.7 Å². The summed E-state index contributed by atoms with van der Waals surface area (Å²) in [5.41, 5.74) is 2.13. The number of allylic oxidation sites excluding steroid dienone is 1. The van der Waals surface area contributed by atoms with Crippen LogP contribution in [0.5, 0.6) is 0 Å². The minimum Gasteiger partial charge on any atom is -0.441 e. The Kier molecular flexibility index (Phi) is 10.2. The molecule has 196 valence electrons. The molecule has 1 heterocycles. The van der Waals surface area contributed by atoms with E-state index in [1.54, 1.807) is 10.8 Å². The van der Waals surface area contributed by atoms with E-state index in [4.69, 9.17) is 4.74 Å². The molecule has 1 aliphatic rings. The highest BCUT2D eigenvalue weighted by Crippen LogP contribution is 2.23. The number of aliphatic imine (C=N–C) groups is 1. The summed E-state index contributed by atoms with van der Waals surface area (Å²) in [7, 11) is -4.18. The van der Waals surface area contributed by atoms with Gasteiger partial charge in [-0.3, -0.25) is 10.7 Å². The Morgan fingerprint density at radius 3 is 2.89 bits per heavy atom. The third-order valence-electron chi connectivity index (χ3n) is 4.86. The Hall–Kier alpha value is -3.08. The van der Waals surface area contributed by atoms with Gasteiger partial charge < -0.3 is 10.1 Å². The fraction of sp³-hybridized carbons (Fsp3) is 0.400. The molecule has 0 aliphatic heterocycles. The number of halogens is 2. The number of nitrogens with zero attached hydrogens (tertiary/aromatic N) is 3. The number of hydrogen-bond acceptors (Lipinski definition) is 10. The zero-order valence-corrected chi connectivity index (χ0v) is 21.3. The van der Waals surface area contributed by atoms with E-state index in [0.29, 0.717) is 6.42 Å². The highest BCUT2D eigenvalue weighted by Gasteiger charge is 2.20. The number of amides is 1. The fourth-order valence-corrected chi connectivity index (χ4v) is 4.25. The second-order valence-corrected chi connectivity index (χ2v) is 9.92. The fourth-order valence-electron chi connectivity index (χ4n) is 3.18. The van der Waals surface area contributed by atoms with E-state index in [-0.39, 0.29) is 40.6 Å². The number of amidine groups is 1. The van der Waals surface area contributed by atoms with Crippen LogP contribution in [0.25, 0.3) is 0 Å². The molecule has 0 saturated carbocycles. The average molecular weight is 590 g/mol. The zero-order chi connectivity index (χ0) is 26.0. The van der Waals surface area contributed by atoms with Crippen LogP contribution in [0.2, 0.25) is 0 Å². The molecular formula is C20H25BrFN7O6S. The molecule has 1 aromatic heterocycles. The summed E-state index contributed by atoms with van der Waals surface area (Å²) in [6, 6.07) is 3.94. The van der Waals surface area contributed by atoms with E-state index in [2.05, 4.69) is 45.9 Å². The third kappa shape index (κ3) is 8.54. The molecule has 0 fully saturated rings. The van der Waals surface area contributed by atoms with Gasteiger partial charge in [-0.15, -0.1) is 0 Å². The lowest BCUT2D eigenvalue weighted by Crippen LogP contribution is -2.43. The molecule has 0 spiro atoms. The van der Waals surface area contributed by atoms with Crippen LogP contribution < -0.4 is 20.2 Å². The highest BCUT2D eigenvalue weighted by atomic mass is 79.9. The minimum absolute atomic E-state index is 0.00331. The molecule has 2 aromatic rings. The molecule has 36 heavy (non-hydrogen) atoms. The average Bonchev–Trinajstić information content (AvgIpc) is 3.27. The van der Waals surface area contributed by atoms with Crippen molar-refractivity contribution in [3.63, 3.8) is 0 Å². The van der Waals surface area contributed by atoms with E-state index >= 15 is 0 Å². The predicted octanol–water partition coefficient (Wildman–Crippen LogP) is 2.89. The maximum Gasteiger partial charge on any atom is 0.422 e.